The summed E-state index contributed by atoms with van der Waals surface area (Å²) in [4.78, 5) is 23.1. The van der Waals surface area contributed by atoms with Gasteiger partial charge in [-0.3, -0.25) is 4.79 Å². The van der Waals surface area contributed by atoms with Crippen LogP contribution >= 0.6 is 0 Å². The highest BCUT2D eigenvalue weighted by Gasteiger charge is 2.17. The number of Topliss-reactive ketones (excluding diaryl/α,β-unsaturated/α-hetero) is 1. The zero-order valence-corrected chi connectivity index (χ0v) is 17.9. The standard InChI is InChI=1S/C26H24O6/c1-17(27)21-13-14-23(22(25(21)28)10-6-9-18-7-4-3-5-8-18)32-16-20-12-11-19(26(29)30)15-24(20)31-2/h3-9,11-15,28H,10,16H2,1-2H3,(H,29,30)/b9-6+. The molecule has 3 rings (SSSR count). The number of carbonyl (C=O) groups is 2. The van der Waals surface area contributed by atoms with E-state index in [-0.39, 0.29) is 29.3 Å². The van der Waals surface area contributed by atoms with Crippen LogP contribution in [-0.2, 0) is 13.0 Å². The summed E-state index contributed by atoms with van der Waals surface area (Å²) < 4.78 is 11.2. The highest BCUT2D eigenvalue weighted by Crippen LogP contribution is 2.34. The third kappa shape index (κ3) is 5.35. The molecule has 6 heteroatoms. The van der Waals surface area contributed by atoms with E-state index in [1.807, 2.05) is 42.5 Å². The van der Waals surface area contributed by atoms with E-state index in [1.165, 1.54) is 32.2 Å². The van der Waals surface area contributed by atoms with Crippen LogP contribution in [0.25, 0.3) is 6.08 Å². The Morgan fingerprint density at radius 1 is 1.00 bits per heavy atom. The monoisotopic (exact) mass is 432 g/mol. The number of phenols is 1. The molecule has 0 aliphatic carbocycles. The molecule has 0 heterocycles. The Kier molecular flexibility index (Phi) is 7.29. The molecule has 0 aromatic heterocycles. The fraction of sp³-hybridized carbons (Fsp3) is 0.154. The number of rotatable bonds is 9. The largest absolute Gasteiger partial charge is 0.507 e. The molecule has 0 aliphatic rings. The van der Waals surface area contributed by atoms with Crippen molar-refractivity contribution in [2.24, 2.45) is 0 Å². The summed E-state index contributed by atoms with van der Waals surface area (Å²) >= 11 is 0. The fourth-order valence-electron chi connectivity index (χ4n) is 3.26. The summed E-state index contributed by atoms with van der Waals surface area (Å²) in [7, 11) is 1.46. The van der Waals surface area contributed by atoms with Crippen LogP contribution in [0.4, 0.5) is 0 Å². The van der Waals surface area contributed by atoms with Gasteiger partial charge in [-0.2, -0.15) is 0 Å². The Morgan fingerprint density at radius 3 is 2.41 bits per heavy atom. The molecule has 0 amide bonds. The Morgan fingerprint density at radius 2 is 1.75 bits per heavy atom. The number of carbonyl (C=O) groups excluding carboxylic acids is 1. The van der Waals surface area contributed by atoms with Gasteiger partial charge in [-0.25, -0.2) is 4.79 Å². The van der Waals surface area contributed by atoms with Gasteiger partial charge in [0.15, 0.2) is 5.78 Å². The van der Waals surface area contributed by atoms with Crippen molar-refractivity contribution in [2.45, 2.75) is 20.0 Å². The molecular weight excluding hydrogens is 408 g/mol. The minimum Gasteiger partial charge on any atom is -0.507 e. The van der Waals surface area contributed by atoms with Gasteiger partial charge in [-0.05, 0) is 43.2 Å². The average Bonchev–Trinajstić information content (AvgIpc) is 2.79. The predicted molar refractivity (Wildman–Crippen MR) is 122 cm³/mol. The number of benzene rings is 3. The number of allylic oxidation sites excluding steroid dienone is 1. The molecule has 0 bridgehead atoms. The first kappa shape index (κ1) is 22.6. The van der Waals surface area contributed by atoms with E-state index in [2.05, 4.69) is 0 Å². The number of carboxylic acids is 1. The molecule has 0 atom stereocenters. The number of hydrogen-bond donors (Lipinski definition) is 2. The van der Waals surface area contributed by atoms with Gasteiger partial charge in [0.1, 0.15) is 23.9 Å². The first-order chi connectivity index (χ1) is 15.4. The third-order valence-corrected chi connectivity index (χ3v) is 4.97. The third-order valence-electron chi connectivity index (χ3n) is 4.97. The van der Waals surface area contributed by atoms with Gasteiger partial charge >= 0.3 is 5.97 Å². The molecule has 32 heavy (non-hydrogen) atoms. The lowest BCUT2D eigenvalue weighted by Crippen LogP contribution is -2.04. The van der Waals surface area contributed by atoms with Crippen molar-refractivity contribution >= 4 is 17.8 Å². The minimum atomic E-state index is -1.05. The van der Waals surface area contributed by atoms with Crippen molar-refractivity contribution in [1.82, 2.24) is 0 Å². The lowest BCUT2D eigenvalue weighted by molar-refractivity contribution is 0.0696. The molecule has 0 unspecified atom stereocenters. The molecule has 3 aromatic rings. The van der Waals surface area contributed by atoms with Gasteiger partial charge in [0.2, 0.25) is 0 Å². The Bertz CT molecular complexity index is 1150. The number of carboxylic acid groups (broad SMARTS) is 1. The summed E-state index contributed by atoms with van der Waals surface area (Å²) in [6.45, 7) is 1.49. The second kappa shape index (κ2) is 10.3. The molecule has 0 radical (unpaired) electrons. The predicted octanol–water partition coefficient (Wildman–Crippen LogP) is 5.14. The number of aromatic carboxylic acids is 1. The summed E-state index contributed by atoms with van der Waals surface area (Å²) in [5.41, 5.74) is 2.49. The molecule has 0 fully saturated rings. The first-order valence-corrected chi connectivity index (χ1v) is 10.0. The highest BCUT2D eigenvalue weighted by atomic mass is 16.5. The maximum Gasteiger partial charge on any atom is 0.335 e. The Labute approximate surface area is 186 Å². The van der Waals surface area contributed by atoms with Gasteiger partial charge in [0.05, 0.1) is 18.2 Å². The van der Waals surface area contributed by atoms with Gasteiger partial charge in [0.25, 0.3) is 0 Å². The number of methoxy groups -OCH3 is 1. The van der Waals surface area contributed by atoms with Gasteiger partial charge in [0, 0.05) is 11.1 Å². The van der Waals surface area contributed by atoms with E-state index in [9.17, 15) is 14.7 Å². The second-order valence-electron chi connectivity index (χ2n) is 7.13. The normalized spacial score (nSPS) is 10.8. The maximum atomic E-state index is 11.9. The van der Waals surface area contributed by atoms with Gasteiger partial charge < -0.3 is 19.7 Å². The lowest BCUT2D eigenvalue weighted by atomic mass is 10.0. The smallest absolute Gasteiger partial charge is 0.335 e. The molecule has 6 nitrogen and oxygen atoms in total. The van der Waals surface area contributed by atoms with Crippen molar-refractivity contribution in [3.05, 3.63) is 94.6 Å². The average molecular weight is 432 g/mol. The number of phenolic OH excluding ortho intramolecular Hbond substituents is 1. The van der Waals surface area contributed by atoms with Crippen LogP contribution in [0.15, 0.2) is 66.7 Å². The van der Waals surface area contributed by atoms with Crippen molar-refractivity contribution in [1.29, 1.82) is 0 Å². The number of aromatic hydroxyl groups is 1. The van der Waals surface area contributed by atoms with Gasteiger partial charge in [-0.1, -0.05) is 48.6 Å². The zero-order valence-electron chi connectivity index (χ0n) is 17.9. The van der Waals surface area contributed by atoms with E-state index >= 15 is 0 Å². The van der Waals surface area contributed by atoms with Crippen LogP contribution in [-0.4, -0.2) is 29.1 Å². The Balaban J connectivity index is 1.87. The molecule has 0 spiro atoms. The van der Waals surface area contributed by atoms with Crippen LogP contribution in [0.5, 0.6) is 17.2 Å². The van der Waals surface area contributed by atoms with E-state index in [1.54, 1.807) is 12.1 Å². The summed E-state index contributed by atoms with van der Waals surface area (Å²) in [5.74, 6) is -0.586. The van der Waals surface area contributed by atoms with Crippen LogP contribution in [0.1, 0.15) is 44.3 Å². The van der Waals surface area contributed by atoms with E-state index in [0.29, 0.717) is 29.0 Å². The summed E-state index contributed by atoms with van der Waals surface area (Å²) in [5, 5.41) is 19.9. The molecular formula is C26H24O6. The second-order valence-corrected chi connectivity index (χ2v) is 7.13. The van der Waals surface area contributed by atoms with Gasteiger partial charge in [-0.15, -0.1) is 0 Å². The minimum absolute atomic E-state index is 0.0946. The SMILES string of the molecule is COc1cc(C(=O)O)ccc1COc1ccc(C(C)=O)c(O)c1C/C=C/c1ccccc1. The van der Waals surface area contributed by atoms with E-state index in [4.69, 9.17) is 14.6 Å². The van der Waals surface area contributed by atoms with Crippen LogP contribution < -0.4 is 9.47 Å². The molecule has 2 N–H and O–H groups in total. The Hall–Kier alpha value is -4.06. The number of ether oxygens (including phenoxy) is 2. The first-order valence-electron chi connectivity index (χ1n) is 10.0. The number of hydrogen-bond acceptors (Lipinski definition) is 5. The van der Waals surface area contributed by atoms with Crippen LogP contribution in [0, 0.1) is 0 Å². The maximum absolute atomic E-state index is 11.9. The van der Waals surface area contributed by atoms with E-state index in [0.717, 1.165) is 5.56 Å². The van der Waals surface area contributed by atoms with E-state index < -0.39 is 5.97 Å². The van der Waals surface area contributed by atoms with Crippen molar-refractivity contribution < 1.29 is 29.3 Å². The summed E-state index contributed by atoms with van der Waals surface area (Å²) in [6, 6.07) is 17.5. The molecule has 164 valence electrons. The van der Waals surface area contributed by atoms with Crippen molar-refractivity contribution in [3.63, 3.8) is 0 Å². The topological polar surface area (TPSA) is 93.1 Å². The molecule has 0 saturated carbocycles. The summed E-state index contributed by atoms with van der Waals surface area (Å²) in [6.07, 6.45) is 4.17. The highest BCUT2D eigenvalue weighted by molar-refractivity contribution is 5.97. The zero-order chi connectivity index (χ0) is 23.1. The molecule has 3 aromatic carbocycles. The van der Waals surface area contributed by atoms with Crippen molar-refractivity contribution in [3.8, 4) is 17.2 Å². The fourth-order valence-corrected chi connectivity index (χ4v) is 3.26. The number of ketones is 1. The molecule has 0 aliphatic heterocycles. The quantitative estimate of drug-likeness (QED) is 0.455. The van der Waals surface area contributed by atoms with Crippen LogP contribution in [0.3, 0.4) is 0 Å². The lowest BCUT2D eigenvalue weighted by Gasteiger charge is -2.15. The molecule has 0 saturated heterocycles. The van der Waals surface area contributed by atoms with Crippen LogP contribution in [0.2, 0.25) is 0 Å². The van der Waals surface area contributed by atoms with Crippen molar-refractivity contribution in [2.75, 3.05) is 7.11 Å².